The Morgan fingerprint density at radius 3 is 2.15 bits per heavy atom. The van der Waals surface area contributed by atoms with Gasteiger partial charge >= 0.3 is 12.4 Å². The van der Waals surface area contributed by atoms with Crippen LogP contribution < -0.4 is 5.32 Å². The topological polar surface area (TPSA) is 55.6 Å². The Morgan fingerprint density at radius 1 is 0.756 bits per heavy atom. The highest BCUT2D eigenvalue weighted by Gasteiger charge is 2.38. The number of imidazole rings is 1. The molecule has 0 saturated heterocycles. The lowest BCUT2D eigenvalue weighted by Crippen LogP contribution is -2.14. The van der Waals surface area contributed by atoms with Crippen LogP contribution in [0.25, 0.3) is 34.7 Å². The molecule has 0 bridgehead atoms. The number of fused-ring (bicyclic) bond motifs is 1. The first kappa shape index (κ1) is 27.9. The Bertz CT molecular complexity index is 1690. The molecular formula is C30H23F6N5. The summed E-state index contributed by atoms with van der Waals surface area (Å²) in [6, 6.07) is 21.1. The number of aryl methyl sites for hydroxylation is 1. The monoisotopic (exact) mass is 567 g/mol. The second-order valence-electron chi connectivity index (χ2n) is 9.30. The van der Waals surface area contributed by atoms with Gasteiger partial charge < -0.3 is 9.88 Å². The van der Waals surface area contributed by atoms with Crippen molar-refractivity contribution in [2.75, 3.05) is 11.9 Å². The number of hydrogen-bond donors (Lipinski definition) is 1. The molecule has 0 radical (unpaired) electrons. The first-order valence-electron chi connectivity index (χ1n) is 12.5. The maximum absolute atomic E-state index is 14.0. The molecule has 5 aromatic rings. The third-order valence-corrected chi connectivity index (χ3v) is 6.38. The molecule has 0 atom stereocenters. The minimum Gasteiger partial charge on any atom is -0.354 e. The Balaban J connectivity index is 1.43. The second-order valence-corrected chi connectivity index (χ2v) is 9.30. The van der Waals surface area contributed by atoms with Crippen LogP contribution in [0.4, 0.5) is 32.3 Å². The Kier molecular flexibility index (Phi) is 7.53. The first-order chi connectivity index (χ1) is 19.5. The van der Waals surface area contributed by atoms with Gasteiger partial charge in [0.1, 0.15) is 11.3 Å². The summed E-state index contributed by atoms with van der Waals surface area (Å²) in [6.07, 6.45) is -5.25. The number of rotatable bonds is 7. The van der Waals surface area contributed by atoms with Gasteiger partial charge in [-0.25, -0.2) is 9.97 Å². The van der Waals surface area contributed by atoms with Crippen LogP contribution >= 0.6 is 0 Å². The minimum absolute atomic E-state index is 0.0234. The molecule has 0 aliphatic heterocycles. The Morgan fingerprint density at radius 2 is 1.46 bits per heavy atom. The number of anilines is 1. The van der Waals surface area contributed by atoms with E-state index in [-0.39, 0.29) is 22.9 Å². The quantitative estimate of drug-likeness (QED) is 0.161. The van der Waals surface area contributed by atoms with E-state index in [1.807, 2.05) is 30.3 Å². The van der Waals surface area contributed by atoms with E-state index in [9.17, 15) is 26.3 Å². The fraction of sp³-hybridized carbons (Fsp3) is 0.167. The van der Waals surface area contributed by atoms with E-state index < -0.39 is 23.6 Å². The summed E-state index contributed by atoms with van der Waals surface area (Å²) in [6.45, 7) is 0.338. The zero-order chi connectivity index (χ0) is 29.2. The molecule has 210 valence electrons. The zero-order valence-corrected chi connectivity index (χ0v) is 21.6. The van der Waals surface area contributed by atoms with Crippen molar-refractivity contribution in [3.05, 3.63) is 107 Å². The molecule has 41 heavy (non-hydrogen) atoms. The highest BCUT2D eigenvalue weighted by Crippen LogP contribution is 2.35. The lowest BCUT2D eigenvalue weighted by atomic mass is 10.1. The highest BCUT2D eigenvalue weighted by molar-refractivity contribution is 5.81. The molecule has 2 heterocycles. The van der Waals surface area contributed by atoms with Crippen molar-refractivity contribution in [1.82, 2.24) is 19.5 Å². The lowest BCUT2D eigenvalue weighted by molar-refractivity contribution is -0.140. The van der Waals surface area contributed by atoms with Crippen LogP contribution in [-0.2, 0) is 25.8 Å². The van der Waals surface area contributed by atoms with E-state index in [4.69, 9.17) is 0 Å². The minimum atomic E-state index is -4.76. The zero-order valence-electron chi connectivity index (χ0n) is 21.6. The maximum Gasteiger partial charge on any atom is 0.435 e. The van der Waals surface area contributed by atoms with E-state index in [2.05, 4.69) is 20.3 Å². The van der Waals surface area contributed by atoms with E-state index in [0.29, 0.717) is 29.7 Å². The third kappa shape index (κ3) is 6.40. The first-order valence-corrected chi connectivity index (χ1v) is 12.5. The van der Waals surface area contributed by atoms with Crippen LogP contribution in [0.3, 0.4) is 0 Å². The van der Waals surface area contributed by atoms with Gasteiger partial charge in [-0.15, -0.1) is 0 Å². The van der Waals surface area contributed by atoms with Gasteiger partial charge in [0.2, 0.25) is 5.95 Å². The maximum atomic E-state index is 14.0. The smallest absolute Gasteiger partial charge is 0.354 e. The van der Waals surface area contributed by atoms with Crippen LogP contribution in [0, 0.1) is 0 Å². The fourth-order valence-electron chi connectivity index (χ4n) is 4.32. The molecule has 11 heteroatoms. The van der Waals surface area contributed by atoms with Crippen molar-refractivity contribution in [2.45, 2.75) is 18.8 Å². The van der Waals surface area contributed by atoms with Gasteiger partial charge in [0.15, 0.2) is 11.3 Å². The third-order valence-electron chi connectivity index (χ3n) is 6.38. The van der Waals surface area contributed by atoms with Crippen molar-refractivity contribution in [3.63, 3.8) is 0 Å². The number of nitrogens with zero attached hydrogens (tertiary/aromatic N) is 4. The molecule has 0 fully saturated rings. The molecule has 0 spiro atoms. The molecule has 0 unspecified atom stereocenters. The molecule has 3 aromatic carbocycles. The second kappa shape index (κ2) is 11.1. The van der Waals surface area contributed by atoms with Gasteiger partial charge in [-0.2, -0.15) is 31.3 Å². The predicted molar refractivity (Wildman–Crippen MR) is 146 cm³/mol. The highest BCUT2D eigenvalue weighted by atomic mass is 19.4. The van der Waals surface area contributed by atoms with E-state index >= 15 is 0 Å². The average molecular weight is 568 g/mol. The van der Waals surface area contributed by atoms with Gasteiger partial charge in [-0.1, -0.05) is 72.8 Å². The Labute approximate surface area is 231 Å². The molecule has 0 aliphatic rings. The molecular weight excluding hydrogens is 544 g/mol. The van der Waals surface area contributed by atoms with Gasteiger partial charge in [0, 0.05) is 19.2 Å². The lowest BCUT2D eigenvalue weighted by Gasteiger charge is -2.10. The molecule has 1 N–H and O–H groups in total. The number of aromatic nitrogens is 4. The summed E-state index contributed by atoms with van der Waals surface area (Å²) < 4.78 is 81.9. The van der Waals surface area contributed by atoms with Crippen molar-refractivity contribution in [3.8, 4) is 11.4 Å². The van der Waals surface area contributed by atoms with Crippen molar-refractivity contribution in [2.24, 2.45) is 7.05 Å². The summed E-state index contributed by atoms with van der Waals surface area (Å²) in [7, 11) is 1.58. The van der Waals surface area contributed by atoms with Crippen molar-refractivity contribution >= 4 is 29.3 Å². The molecule has 0 amide bonds. The molecule has 0 saturated carbocycles. The molecule has 2 aromatic heterocycles. The summed E-state index contributed by atoms with van der Waals surface area (Å²) in [4.78, 5) is 12.4. The number of halogens is 6. The van der Waals surface area contributed by atoms with Gasteiger partial charge in [-0.3, -0.25) is 0 Å². The number of nitrogens with one attached hydrogen (secondary N) is 1. The molecule has 5 nitrogen and oxygen atoms in total. The summed E-state index contributed by atoms with van der Waals surface area (Å²) in [5.74, 6) is 0.106. The standard InChI is InChI=1S/C30H23F6N5/c1-41-26(22-9-5-8-21(18-22)11-10-20-12-14-23(15-13-20)29(31,32)33)38-24-25(30(34,35)36)39-28(40-27(24)41)37-17-16-19-6-3-2-4-7-19/h2-15,18H,16-17H2,1H3,(H,37,39,40)/b11-10+. The summed E-state index contributed by atoms with van der Waals surface area (Å²) in [5.41, 5.74) is 0.575. The van der Waals surface area contributed by atoms with E-state index in [1.54, 1.807) is 43.5 Å². The van der Waals surface area contributed by atoms with E-state index in [1.165, 1.54) is 16.7 Å². The van der Waals surface area contributed by atoms with Gasteiger partial charge in [0.05, 0.1) is 5.56 Å². The normalized spacial score (nSPS) is 12.4. The van der Waals surface area contributed by atoms with E-state index in [0.717, 1.165) is 17.7 Å². The predicted octanol–water partition coefficient (Wildman–Crippen LogP) is 7.89. The summed E-state index contributed by atoms with van der Waals surface area (Å²) >= 11 is 0. The fourth-order valence-corrected chi connectivity index (χ4v) is 4.32. The molecule has 5 rings (SSSR count). The van der Waals surface area contributed by atoms with Crippen molar-refractivity contribution < 1.29 is 26.3 Å². The molecule has 0 aliphatic carbocycles. The Hall–Kier alpha value is -4.67. The van der Waals surface area contributed by atoms with Crippen molar-refractivity contribution in [1.29, 1.82) is 0 Å². The number of hydrogen-bond acceptors (Lipinski definition) is 4. The SMILES string of the molecule is Cn1c(-c2cccc(/C=C/c3ccc(C(F)(F)F)cc3)c2)nc2c(C(F)(F)F)nc(NCCc3ccccc3)nc21. The summed E-state index contributed by atoms with van der Waals surface area (Å²) in [5, 5.41) is 2.89. The largest absolute Gasteiger partial charge is 0.435 e. The van der Waals surface area contributed by atoms with Crippen LogP contribution in [0.15, 0.2) is 78.9 Å². The van der Waals surface area contributed by atoms with Crippen LogP contribution in [0.2, 0.25) is 0 Å². The van der Waals surface area contributed by atoms with Crippen LogP contribution in [0.5, 0.6) is 0 Å². The van der Waals surface area contributed by atoms with Gasteiger partial charge in [-0.05, 0) is 41.3 Å². The average Bonchev–Trinajstić information content (AvgIpc) is 3.27. The number of alkyl halides is 6. The number of benzene rings is 3. The van der Waals surface area contributed by atoms with Crippen LogP contribution in [0.1, 0.15) is 27.9 Å². The van der Waals surface area contributed by atoms with Crippen LogP contribution in [-0.4, -0.2) is 26.1 Å². The van der Waals surface area contributed by atoms with Gasteiger partial charge in [0.25, 0.3) is 0 Å².